The van der Waals surface area contributed by atoms with Crippen LogP contribution in [-0.2, 0) is 0 Å². The van der Waals surface area contributed by atoms with Crippen LogP contribution in [0.5, 0.6) is 5.75 Å². The van der Waals surface area contributed by atoms with Gasteiger partial charge in [-0.25, -0.2) is 4.68 Å². The lowest BCUT2D eigenvalue weighted by Gasteiger charge is -2.39. The maximum Gasteiger partial charge on any atom is 0.226 e. The Morgan fingerprint density at radius 3 is 2.59 bits per heavy atom. The molecule has 1 N–H and O–H groups in total. The van der Waals surface area contributed by atoms with Gasteiger partial charge in [0.25, 0.3) is 0 Å². The lowest BCUT2D eigenvalue weighted by molar-refractivity contribution is 0.223. The first-order valence-electron chi connectivity index (χ1n) is 9.97. The van der Waals surface area contributed by atoms with Crippen LogP contribution in [0.25, 0.3) is 5.70 Å². The minimum absolute atomic E-state index is 0.356. The zero-order chi connectivity index (χ0) is 21.8. The molecule has 3 aromatic carbocycles. The Labute approximate surface area is 199 Å². The number of hydrogen-bond acceptors (Lipinski definition) is 4. The molecular formula is C24H15Cl3N4O. The third-order valence-electron chi connectivity index (χ3n) is 5.73. The van der Waals surface area contributed by atoms with Crippen LogP contribution in [-0.4, -0.2) is 14.8 Å². The van der Waals surface area contributed by atoms with Crippen LogP contribution < -0.4 is 10.1 Å². The minimum Gasteiger partial charge on any atom is -0.480 e. The summed E-state index contributed by atoms with van der Waals surface area (Å²) >= 11 is 19.2. The monoisotopic (exact) mass is 480 g/mol. The van der Waals surface area contributed by atoms with Gasteiger partial charge in [0.05, 0.1) is 5.70 Å². The van der Waals surface area contributed by atoms with Gasteiger partial charge in [0.1, 0.15) is 24.2 Å². The highest BCUT2D eigenvalue weighted by Crippen LogP contribution is 2.51. The van der Waals surface area contributed by atoms with Crippen molar-refractivity contribution in [3.63, 3.8) is 0 Å². The Morgan fingerprint density at radius 2 is 1.75 bits per heavy atom. The highest BCUT2D eigenvalue weighted by atomic mass is 35.5. The van der Waals surface area contributed by atoms with Crippen molar-refractivity contribution in [3.05, 3.63) is 110 Å². The van der Waals surface area contributed by atoms with Gasteiger partial charge in [-0.05, 0) is 47.5 Å². The summed E-state index contributed by atoms with van der Waals surface area (Å²) in [6.07, 6.45) is 1.11. The molecule has 0 bridgehead atoms. The first kappa shape index (κ1) is 19.7. The molecule has 2 atom stereocenters. The van der Waals surface area contributed by atoms with Crippen molar-refractivity contribution in [2.75, 3.05) is 5.32 Å². The maximum atomic E-state index is 6.70. The number of benzene rings is 3. The summed E-state index contributed by atoms with van der Waals surface area (Å²) in [4.78, 5) is 4.43. The molecule has 0 amide bonds. The summed E-state index contributed by atoms with van der Waals surface area (Å²) in [5.41, 5.74) is 4.62. The number of para-hydroxylation sites is 1. The van der Waals surface area contributed by atoms with Crippen LogP contribution in [0.4, 0.5) is 5.95 Å². The second-order valence-electron chi connectivity index (χ2n) is 7.60. The van der Waals surface area contributed by atoms with Crippen LogP contribution in [0.2, 0.25) is 15.1 Å². The van der Waals surface area contributed by atoms with Gasteiger partial charge in [-0.2, -0.15) is 10.1 Å². The predicted octanol–water partition coefficient (Wildman–Crippen LogP) is 6.80. The van der Waals surface area contributed by atoms with Gasteiger partial charge in [0.2, 0.25) is 5.95 Å². The van der Waals surface area contributed by atoms with Crippen molar-refractivity contribution < 1.29 is 4.74 Å². The zero-order valence-electron chi connectivity index (χ0n) is 16.5. The van der Waals surface area contributed by atoms with E-state index in [1.807, 2.05) is 65.3 Å². The van der Waals surface area contributed by atoms with Crippen LogP contribution in [0.15, 0.2) is 78.6 Å². The van der Waals surface area contributed by atoms with Crippen molar-refractivity contribution in [3.8, 4) is 5.75 Å². The third-order valence-corrected chi connectivity index (χ3v) is 6.53. The Bertz CT molecular complexity index is 1400. The number of ether oxygens (including phenoxy) is 1. The number of hydrogen-bond donors (Lipinski definition) is 1. The number of nitrogens with zero attached hydrogens (tertiary/aromatic N) is 3. The molecular weight excluding hydrogens is 467 g/mol. The Hall–Kier alpha value is -2.99. The highest BCUT2D eigenvalue weighted by molar-refractivity contribution is 6.35. The van der Waals surface area contributed by atoms with E-state index in [-0.39, 0.29) is 6.04 Å². The van der Waals surface area contributed by atoms with Crippen LogP contribution >= 0.6 is 34.8 Å². The SMILES string of the molecule is Clc1cccc([C@@H]2Oc3ccccc3C3=C2[C@@H](c2ccc(Cl)cc2Cl)n2ncnc2N3)c1. The zero-order valence-corrected chi connectivity index (χ0v) is 18.7. The van der Waals surface area contributed by atoms with E-state index in [1.54, 1.807) is 6.07 Å². The molecule has 5 nitrogen and oxygen atoms in total. The highest BCUT2D eigenvalue weighted by Gasteiger charge is 2.41. The maximum absolute atomic E-state index is 6.70. The van der Waals surface area contributed by atoms with E-state index < -0.39 is 6.10 Å². The molecule has 1 aromatic heterocycles. The summed E-state index contributed by atoms with van der Waals surface area (Å²) in [7, 11) is 0. The van der Waals surface area contributed by atoms with E-state index >= 15 is 0 Å². The van der Waals surface area contributed by atoms with Crippen LogP contribution in [0, 0.1) is 0 Å². The van der Waals surface area contributed by atoms with Gasteiger partial charge in [-0.3, -0.25) is 0 Å². The topological polar surface area (TPSA) is 52.0 Å². The summed E-state index contributed by atoms with van der Waals surface area (Å²) in [5, 5.41) is 9.72. The number of fused-ring (bicyclic) bond motifs is 3. The minimum atomic E-state index is -0.416. The van der Waals surface area contributed by atoms with Gasteiger partial charge in [-0.1, -0.05) is 65.1 Å². The summed E-state index contributed by atoms with van der Waals surface area (Å²) < 4.78 is 8.38. The van der Waals surface area contributed by atoms with Crippen molar-refractivity contribution in [2.45, 2.75) is 12.1 Å². The summed E-state index contributed by atoms with van der Waals surface area (Å²) in [6.45, 7) is 0. The number of anilines is 1. The molecule has 158 valence electrons. The molecule has 0 fully saturated rings. The van der Waals surface area contributed by atoms with Gasteiger partial charge < -0.3 is 10.1 Å². The van der Waals surface area contributed by atoms with E-state index in [0.717, 1.165) is 33.7 Å². The molecule has 0 unspecified atom stereocenters. The Kier molecular flexibility index (Phi) is 4.65. The van der Waals surface area contributed by atoms with Crippen molar-refractivity contribution >= 4 is 46.4 Å². The number of rotatable bonds is 2. The standard InChI is InChI=1S/C24H15Cl3N4O/c25-14-5-3-4-13(10-14)23-20-21(17-6-1-2-7-19(17)32-23)30-24-28-12-29-31(24)22(20)16-9-8-15(26)11-18(16)27/h1-12,22-23H,(H,28,29,30)/t22-,23+/m1/s1. The fourth-order valence-corrected chi connectivity index (χ4v) is 5.10. The van der Waals surface area contributed by atoms with E-state index in [4.69, 9.17) is 39.5 Å². The van der Waals surface area contributed by atoms with Crippen LogP contribution in [0.3, 0.4) is 0 Å². The second kappa shape index (κ2) is 7.55. The van der Waals surface area contributed by atoms with E-state index in [1.165, 1.54) is 6.33 Å². The average Bonchev–Trinajstić information content (AvgIpc) is 3.26. The van der Waals surface area contributed by atoms with Gasteiger partial charge >= 0.3 is 0 Å². The van der Waals surface area contributed by atoms with E-state index in [2.05, 4.69) is 15.4 Å². The molecule has 4 aromatic rings. The van der Waals surface area contributed by atoms with E-state index in [0.29, 0.717) is 21.0 Å². The second-order valence-corrected chi connectivity index (χ2v) is 8.88. The average molecular weight is 482 g/mol. The van der Waals surface area contributed by atoms with Gasteiger partial charge in [-0.15, -0.1) is 0 Å². The quantitative estimate of drug-likeness (QED) is 0.342. The third kappa shape index (κ3) is 3.08. The lowest BCUT2D eigenvalue weighted by atomic mass is 9.84. The fraction of sp³-hybridized carbons (Fsp3) is 0.0833. The molecule has 2 aliphatic heterocycles. The lowest BCUT2D eigenvalue weighted by Crippen LogP contribution is -2.32. The normalized spacial score (nSPS) is 18.8. The number of halogens is 3. The van der Waals surface area contributed by atoms with Crippen molar-refractivity contribution in [1.82, 2.24) is 14.8 Å². The fourth-order valence-electron chi connectivity index (χ4n) is 4.38. The molecule has 0 aliphatic carbocycles. The first-order valence-corrected chi connectivity index (χ1v) is 11.1. The molecule has 0 radical (unpaired) electrons. The molecule has 2 aliphatic rings. The predicted molar refractivity (Wildman–Crippen MR) is 126 cm³/mol. The number of aromatic nitrogens is 3. The molecule has 32 heavy (non-hydrogen) atoms. The van der Waals surface area contributed by atoms with Gasteiger partial charge in [0, 0.05) is 26.2 Å². The van der Waals surface area contributed by atoms with Crippen LogP contribution in [0.1, 0.15) is 28.8 Å². The molecule has 0 saturated carbocycles. The smallest absolute Gasteiger partial charge is 0.226 e. The summed E-state index contributed by atoms with van der Waals surface area (Å²) in [5.74, 6) is 1.40. The molecule has 0 saturated heterocycles. The molecule has 0 spiro atoms. The molecule has 8 heteroatoms. The molecule has 6 rings (SSSR count). The summed E-state index contributed by atoms with van der Waals surface area (Å²) in [6, 6.07) is 20.8. The first-order chi connectivity index (χ1) is 15.6. The van der Waals surface area contributed by atoms with E-state index in [9.17, 15) is 0 Å². The Morgan fingerprint density at radius 1 is 0.906 bits per heavy atom. The van der Waals surface area contributed by atoms with Gasteiger partial charge in [0.15, 0.2) is 0 Å². The number of nitrogens with one attached hydrogen (secondary N) is 1. The molecule has 3 heterocycles. The largest absolute Gasteiger partial charge is 0.480 e. The Balaban J connectivity index is 1.65. The van der Waals surface area contributed by atoms with Crippen molar-refractivity contribution in [1.29, 1.82) is 0 Å². The van der Waals surface area contributed by atoms with Crippen molar-refractivity contribution in [2.24, 2.45) is 0 Å².